The number of para-hydroxylation sites is 4. The summed E-state index contributed by atoms with van der Waals surface area (Å²) in [7, 11) is 0. The Morgan fingerprint density at radius 3 is 2.10 bits per heavy atom. The molecule has 3 aliphatic rings. The minimum atomic E-state index is -0.211. The zero-order chi connectivity index (χ0) is 31.9. The highest BCUT2D eigenvalue weighted by atomic mass is 16.5. The lowest BCUT2D eigenvalue weighted by Gasteiger charge is -2.27. The third-order valence-electron chi connectivity index (χ3n) is 9.19. The second kappa shape index (κ2) is 11.9. The SMILES string of the molecule is C1=C(C2=NC(c3ccc(-c4nc5ccccc5o4)cc3)=CC(c3ccc(C4Nc5ccccc5O4)cc3)N2)CCC(c2ccccc2)=C1. The van der Waals surface area contributed by atoms with Crippen molar-refractivity contribution in [2.24, 2.45) is 4.99 Å². The van der Waals surface area contributed by atoms with Crippen LogP contribution in [0.15, 0.2) is 161 Å². The first-order chi connectivity index (χ1) is 23.7. The van der Waals surface area contributed by atoms with Crippen LogP contribution in [0.2, 0.25) is 0 Å². The summed E-state index contributed by atoms with van der Waals surface area (Å²) in [4.78, 5) is 9.87. The van der Waals surface area contributed by atoms with Gasteiger partial charge >= 0.3 is 0 Å². The van der Waals surface area contributed by atoms with Crippen molar-refractivity contribution in [1.29, 1.82) is 0 Å². The van der Waals surface area contributed by atoms with Crippen molar-refractivity contribution < 1.29 is 9.15 Å². The van der Waals surface area contributed by atoms with E-state index >= 15 is 0 Å². The number of ether oxygens (including phenoxy) is 1. The molecule has 0 fully saturated rings. The van der Waals surface area contributed by atoms with Gasteiger partial charge in [-0.05, 0) is 83.2 Å². The lowest BCUT2D eigenvalue weighted by atomic mass is 9.91. The summed E-state index contributed by atoms with van der Waals surface area (Å²) in [6.45, 7) is 0. The molecule has 1 aliphatic carbocycles. The molecule has 2 unspecified atom stereocenters. The number of oxazole rings is 1. The molecule has 5 aromatic carbocycles. The maximum atomic E-state index is 6.17. The molecule has 0 radical (unpaired) electrons. The topological polar surface area (TPSA) is 71.7 Å². The van der Waals surface area contributed by atoms with Gasteiger partial charge in [-0.2, -0.15) is 0 Å². The average Bonchev–Trinajstić information content (AvgIpc) is 3.80. The molecule has 6 aromatic rings. The Morgan fingerprint density at radius 1 is 0.604 bits per heavy atom. The number of hydrogen-bond acceptors (Lipinski definition) is 6. The normalized spacial score (nSPS) is 18.4. The highest BCUT2D eigenvalue weighted by Gasteiger charge is 2.25. The number of hydrogen-bond donors (Lipinski definition) is 2. The van der Waals surface area contributed by atoms with E-state index in [1.54, 1.807) is 0 Å². The van der Waals surface area contributed by atoms with Crippen molar-refractivity contribution in [3.05, 3.63) is 173 Å². The van der Waals surface area contributed by atoms with Gasteiger partial charge in [0, 0.05) is 11.1 Å². The lowest BCUT2D eigenvalue weighted by molar-refractivity contribution is 0.260. The Labute approximate surface area is 278 Å². The molecule has 0 saturated carbocycles. The molecule has 2 aliphatic heterocycles. The molecule has 6 nitrogen and oxygen atoms in total. The number of nitrogens with zero attached hydrogens (tertiary/aromatic N) is 2. The summed E-state index contributed by atoms with van der Waals surface area (Å²) < 4.78 is 12.2. The monoisotopic (exact) mass is 624 g/mol. The Hall–Kier alpha value is -6.14. The molecule has 0 bridgehead atoms. The van der Waals surface area contributed by atoms with E-state index in [4.69, 9.17) is 14.1 Å². The number of allylic oxidation sites excluding steroid dienone is 3. The van der Waals surface area contributed by atoms with Crippen LogP contribution < -0.4 is 15.4 Å². The van der Waals surface area contributed by atoms with Crippen LogP contribution >= 0.6 is 0 Å². The van der Waals surface area contributed by atoms with Gasteiger partial charge in [0.15, 0.2) is 11.8 Å². The molecule has 2 atom stereocenters. The van der Waals surface area contributed by atoms with Crippen LogP contribution in [0.5, 0.6) is 5.75 Å². The van der Waals surface area contributed by atoms with Gasteiger partial charge in [0.25, 0.3) is 0 Å². The number of aliphatic imine (C=N–C) groups is 1. The molecule has 0 amide bonds. The molecular formula is C42H32N4O2. The van der Waals surface area contributed by atoms with Gasteiger partial charge in [-0.15, -0.1) is 0 Å². The number of aromatic nitrogens is 1. The quantitative estimate of drug-likeness (QED) is 0.193. The van der Waals surface area contributed by atoms with Crippen LogP contribution in [-0.2, 0) is 0 Å². The fourth-order valence-electron chi connectivity index (χ4n) is 6.56. The van der Waals surface area contributed by atoms with Crippen molar-refractivity contribution in [2.75, 3.05) is 5.32 Å². The first-order valence-corrected chi connectivity index (χ1v) is 16.3. The van der Waals surface area contributed by atoms with Crippen LogP contribution in [0.3, 0.4) is 0 Å². The van der Waals surface area contributed by atoms with Crippen LogP contribution in [-0.4, -0.2) is 10.8 Å². The average molecular weight is 625 g/mol. The summed E-state index contributed by atoms with van der Waals surface area (Å²) in [5, 5.41) is 7.23. The van der Waals surface area contributed by atoms with E-state index < -0.39 is 0 Å². The Kier molecular flexibility index (Phi) is 6.97. The molecule has 3 heterocycles. The van der Waals surface area contributed by atoms with Crippen molar-refractivity contribution >= 4 is 33.9 Å². The lowest BCUT2D eigenvalue weighted by Crippen LogP contribution is -2.32. The Bertz CT molecular complexity index is 2200. The summed E-state index contributed by atoms with van der Waals surface area (Å²) in [6.07, 6.45) is 8.33. The van der Waals surface area contributed by atoms with E-state index in [-0.39, 0.29) is 12.3 Å². The molecule has 0 saturated heterocycles. The van der Waals surface area contributed by atoms with E-state index in [1.165, 1.54) is 16.7 Å². The van der Waals surface area contributed by atoms with Crippen LogP contribution in [0.1, 0.15) is 47.4 Å². The second-order valence-electron chi connectivity index (χ2n) is 12.3. The maximum Gasteiger partial charge on any atom is 0.227 e. The minimum Gasteiger partial charge on any atom is -0.464 e. The van der Waals surface area contributed by atoms with Gasteiger partial charge in [-0.3, -0.25) is 0 Å². The maximum absolute atomic E-state index is 6.17. The third kappa shape index (κ3) is 5.37. The summed E-state index contributed by atoms with van der Waals surface area (Å²) in [5.41, 5.74) is 11.6. The van der Waals surface area contributed by atoms with Gasteiger partial charge in [0.05, 0.1) is 17.4 Å². The molecule has 9 rings (SSSR count). The molecule has 232 valence electrons. The first kappa shape index (κ1) is 28.1. The van der Waals surface area contributed by atoms with Gasteiger partial charge < -0.3 is 19.8 Å². The highest BCUT2D eigenvalue weighted by Crippen LogP contribution is 2.38. The zero-order valence-electron chi connectivity index (χ0n) is 26.1. The predicted molar refractivity (Wildman–Crippen MR) is 192 cm³/mol. The highest BCUT2D eigenvalue weighted by molar-refractivity contribution is 6.04. The molecular weight excluding hydrogens is 592 g/mol. The molecule has 48 heavy (non-hydrogen) atoms. The van der Waals surface area contributed by atoms with Gasteiger partial charge in [-0.1, -0.05) is 103 Å². The molecule has 2 N–H and O–H groups in total. The number of nitrogens with one attached hydrogen (secondary N) is 2. The number of fused-ring (bicyclic) bond motifs is 2. The Morgan fingerprint density at radius 2 is 1.31 bits per heavy atom. The Balaban J connectivity index is 1.03. The molecule has 6 heteroatoms. The van der Waals surface area contributed by atoms with E-state index in [9.17, 15) is 0 Å². The van der Waals surface area contributed by atoms with E-state index in [0.29, 0.717) is 5.89 Å². The van der Waals surface area contributed by atoms with Crippen molar-refractivity contribution in [2.45, 2.75) is 25.1 Å². The van der Waals surface area contributed by atoms with E-state index in [2.05, 4.69) is 113 Å². The van der Waals surface area contributed by atoms with Gasteiger partial charge in [-0.25, -0.2) is 9.98 Å². The summed E-state index contributed by atoms with van der Waals surface area (Å²) in [5.74, 6) is 2.40. The van der Waals surface area contributed by atoms with E-state index in [0.717, 1.165) is 69.2 Å². The number of rotatable bonds is 6. The fraction of sp³-hybridized carbons (Fsp3) is 0.0952. The minimum absolute atomic E-state index is 0.0617. The van der Waals surface area contributed by atoms with Crippen LogP contribution in [0, 0.1) is 0 Å². The largest absolute Gasteiger partial charge is 0.464 e. The number of anilines is 1. The van der Waals surface area contributed by atoms with Crippen molar-refractivity contribution in [1.82, 2.24) is 10.3 Å². The number of amidine groups is 1. The standard InChI is InChI=1S/C42H32N4O2/c1-2-8-27(9-3-1)28-14-20-31(21-15-28)40-43-36(29-16-22-32(23-17-29)41-45-34-10-4-6-12-38(34)47-41)26-37(44-40)30-18-24-33(25-19-30)42-46-35-11-5-7-13-39(35)48-42/h1-14,16-20,22-26,36,41,45H,15,21H2,(H,43,44). The fourth-order valence-corrected chi connectivity index (χ4v) is 6.56. The smallest absolute Gasteiger partial charge is 0.227 e. The van der Waals surface area contributed by atoms with Crippen molar-refractivity contribution in [3.63, 3.8) is 0 Å². The number of benzene rings is 5. The predicted octanol–water partition coefficient (Wildman–Crippen LogP) is 9.89. The third-order valence-corrected chi connectivity index (χ3v) is 9.19. The second-order valence-corrected chi connectivity index (χ2v) is 12.3. The van der Waals surface area contributed by atoms with E-state index in [1.807, 2.05) is 48.5 Å². The van der Waals surface area contributed by atoms with Crippen molar-refractivity contribution in [3.8, 4) is 17.2 Å². The van der Waals surface area contributed by atoms with Gasteiger partial charge in [0.1, 0.15) is 17.1 Å². The van der Waals surface area contributed by atoms with Crippen LogP contribution in [0.4, 0.5) is 5.69 Å². The summed E-state index contributed by atoms with van der Waals surface area (Å²) >= 11 is 0. The zero-order valence-corrected chi connectivity index (χ0v) is 26.1. The molecule has 0 spiro atoms. The van der Waals surface area contributed by atoms with Crippen LogP contribution in [0.25, 0.3) is 33.8 Å². The first-order valence-electron chi connectivity index (χ1n) is 16.3. The molecule has 1 aromatic heterocycles. The van der Waals surface area contributed by atoms with Gasteiger partial charge in [0.2, 0.25) is 5.89 Å². The summed E-state index contributed by atoms with van der Waals surface area (Å²) in [6, 6.07) is 43.4.